The lowest BCUT2D eigenvalue weighted by Gasteiger charge is -2.12. The summed E-state index contributed by atoms with van der Waals surface area (Å²) in [7, 11) is -3.85. The van der Waals surface area contributed by atoms with Gasteiger partial charge in [0.1, 0.15) is 0 Å². The minimum absolute atomic E-state index is 0.0713. The van der Waals surface area contributed by atoms with E-state index in [0.717, 1.165) is 11.1 Å². The van der Waals surface area contributed by atoms with Gasteiger partial charge in [0.25, 0.3) is 5.91 Å². The smallest absolute Gasteiger partial charge is 0.255 e. The Morgan fingerprint density at radius 2 is 1.66 bits per heavy atom. The summed E-state index contributed by atoms with van der Waals surface area (Å²) in [5.41, 5.74) is 2.94. The standard InChI is InChI=1S/C22H19N3O3S/c23-13-14-24-29(27,28)20-11-6-10-19(16-20)22(26)25-21-12-5-4-9-18(21)15-17-7-2-1-3-8-17/h1-12,16,24H,14-15H2,(H,25,26). The summed E-state index contributed by atoms with van der Waals surface area (Å²) >= 11 is 0. The van der Waals surface area contributed by atoms with Crippen molar-refractivity contribution in [3.63, 3.8) is 0 Å². The molecule has 0 atom stereocenters. The second-order valence-electron chi connectivity index (χ2n) is 6.28. The summed E-state index contributed by atoms with van der Waals surface area (Å²) in [6, 6.07) is 24.8. The van der Waals surface area contributed by atoms with E-state index in [2.05, 4.69) is 10.0 Å². The molecule has 2 N–H and O–H groups in total. The van der Waals surface area contributed by atoms with E-state index in [1.54, 1.807) is 12.1 Å². The van der Waals surface area contributed by atoms with Crippen LogP contribution in [0.3, 0.4) is 0 Å². The molecule has 3 aromatic rings. The second kappa shape index (κ2) is 9.15. The van der Waals surface area contributed by atoms with Crippen molar-refractivity contribution < 1.29 is 13.2 Å². The molecule has 6 nitrogen and oxygen atoms in total. The number of sulfonamides is 1. The van der Waals surface area contributed by atoms with E-state index in [-0.39, 0.29) is 17.0 Å². The maximum atomic E-state index is 12.7. The molecular weight excluding hydrogens is 386 g/mol. The van der Waals surface area contributed by atoms with Crippen molar-refractivity contribution in [1.29, 1.82) is 5.26 Å². The van der Waals surface area contributed by atoms with Crippen LogP contribution < -0.4 is 10.0 Å². The minimum Gasteiger partial charge on any atom is -0.322 e. The first-order valence-corrected chi connectivity index (χ1v) is 10.4. The fourth-order valence-corrected chi connectivity index (χ4v) is 3.78. The number of nitrogens with zero attached hydrogens (tertiary/aromatic N) is 1. The molecule has 1 amide bonds. The fourth-order valence-electron chi connectivity index (χ4n) is 2.82. The molecule has 3 aromatic carbocycles. The number of anilines is 1. The van der Waals surface area contributed by atoms with Gasteiger partial charge in [-0.3, -0.25) is 4.79 Å². The fraction of sp³-hybridized carbons (Fsp3) is 0.0909. The highest BCUT2D eigenvalue weighted by Crippen LogP contribution is 2.20. The number of carbonyl (C=O) groups is 1. The van der Waals surface area contributed by atoms with Gasteiger partial charge in [0, 0.05) is 11.3 Å². The van der Waals surface area contributed by atoms with Crippen LogP contribution >= 0.6 is 0 Å². The van der Waals surface area contributed by atoms with E-state index in [1.807, 2.05) is 54.6 Å². The van der Waals surface area contributed by atoms with Crippen LogP contribution in [0.2, 0.25) is 0 Å². The van der Waals surface area contributed by atoms with Gasteiger partial charge < -0.3 is 5.32 Å². The molecule has 0 unspecified atom stereocenters. The average molecular weight is 405 g/mol. The third kappa shape index (κ3) is 5.29. The van der Waals surface area contributed by atoms with Gasteiger partial charge in [0.15, 0.2) is 0 Å². The van der Waals surface area contributed by atoms with Crippen LogP contribution in [0.15, 0.2) is 83.8 Å². The molecule has 29 heavy (non-hydrogen) atoms. The number of benzene rings is 3. The van der Waals surface area contributed by atoms with Crippen molar-refractivity contribution in [3.05, 3.63) is 95.6 Å². The zero-order valence-corrected chi connectivity index (χ0v) is 16.3. The number of nitriles is 1. The maximum Gasteiger partial charge on any atom is 0.255 e. The lowest BCUT2D eigenvalue weighted by Crippen LogP contribution is -2.24. The van der Waals surface area contributed by atoms with Crippen molar-refractivity contribution in [2.24, 2.45) is 0 Å². The Morgan fingerprint density at radius 3 is 2.41 bits per heavy atom. The molecular formula is C22H19N3O3S. The molecule has 0 aliphatic carbocycles. The zero-order chi connectivity index (χ0) is 20.7. The Kier molecular flexibility index (Phi) is 6.39. The normalized spacial score (nSPS) is 10.9. The lowest BCUT2D eigenvalue weighted by atomic mass is 10.0. The predicted octanol–water partition coefficient (Wildman–Crippen LogP) is 3.33. The highest BCUT2D eigenvalue weighted by Gasteiger charge is 2.16. The first-order chi connectivity index (χ1) is 14.0. The largest absolute Gasteiger partial charge is 0.322 e. The summed E-state index contributed by atoms with van der Waals surface area (Å²) < 4.78 is 26.5. The highest BCUT2D eigenvalue weighted by atomic mass is 32.2. The number of rotatable bonds is 7. The van der Waals surface area contributed by atoms with E-state index in [4.69, 9.17) is 5.26 Å². The molecule has 3 rings (SSSR count). The number of nitrogens with one attached hydrogen (secondary N) is 2. The minimum atomic E-state index is -3.85. The zero-order valence-electron chi connectivity index (χ0n) is 15.5. The van der Waals surface area contributed by atoms with Gasteiger partial charge in [-0.1, -0.05) is 54.6 Å². The summed E-state index contributed by atoms with van der Waals surface area (Å²) in [4.78, 5) is 12.7. The molecule has 0 aliphatic rings. The van der Waals surface area contributed by atoms with Crippen LogP contribution in [0, 0.1) is 11.3 Å². The molecule has 0 saturated heterocycles. The number of hydrogen-bond acceptors (Lipinski definition) is 4. The van der Waals surface area contributed by atoms with Crippen LogP contribution in [0.5, 0.6) is 0 Å². The summed E-state index contributed by atoms with van der Waals surface area (Å²) in [5.74, 6) is -0.414. The van der Waals surface area contributed by atoms with Gasteiger partial charge in [0.2, 0.25) is 10.0 Å². The Morgan fingerprint density at radius 1 is 0.931 bits per heavy atom. The Hall–Kier alpha value is -3.47. The average Bonchev–Trinajstić information content (AvgIpc) is 2.74. The third-order valence-corrected chi connectivity index (χ3v) is 5.65. The van der Waals surface area contributed by atoms with E-state index in [0.29, 0.717) is 12.1 Å². The van der Waals surface area contributed by atoms with Crippen LogP contribution in [0.25, 0.3) is 0 Å². The van der Waals surface area contributed by atoms with Gasteiger partial charge in [-0.25, -0.2) is 8.42 Å². The van der Waals surface area contributed by atoms with E-state index in [9.17, 15) is 13.2 Å². The molecule has 0 heterocycles. The molecule has 0 saturated carbocycles. The lowest BCUT2D eigenvalue weighted by molar-refractivity contribution is 0.102. The van der Waals surface area contributed by atoms with Gasteiger partial charge in [-0.05, 0) is 41.8 Å². The summed E-state index contributed by atoms with van der Waals surface area (Å²) in [5, 5.41) is 11.4. The first kappa shape index (κ1) is 20.3. The van der Waals surface area contributed by atoms with Crippen LogP contribution in [0.1, 0.15) is 21.5 Å². The van der Waals surface area contributed by atoms with Gasteiger partial charge >= 0.3 is 0 Å². The van der Waals surface area contributed by atoms with Crippen molar-refractivity contribution in [2.45, 2.75) is 11.3 Å². The third-order valence-electron chi connectivity index (χ3n) is 4.25. The quantitative estimate of drug-likeness (QED) is 0.589. The van der Waals surface area contributed by atoms with Gasteiger partial charge in [-0.15, -0.1) is 0 Å². The van der Waals surface area contributed by atoms with Gasteiger partial charge in [-0.2, -0.15) is 9.98 Å². The Bertz CT molecular complexity index is 1150. The summed E-state index contributed by atoms with van der Waals surface area (Å²) in [6.45, 7) is -0.342. The van der Waals surface area contributed by atoms with E-state index < -0.39 is 15.9 Å². The predicted molar refractivity (Wildman–Crippen MR) is 111 cm³/mol. The topological polar surface area (TPSA) is 99.1 Å². The molecule has 0 radical (unpaired) electrons. The molecule has 0 aromatic heterocycles. The number of hydrogen-bond donors (Lipinski definition) is 2. The van der Waals surface area contributed by atoms with Crippen LogP contribution in [-0.2, 0) is 16.4 Å². The SMILES string of the molecule is N#CCNS(=O)(=O)c1cccc(C(=O)Nc2ccccc2Cc2ccccc2)c1. The van der Waals surface area contributed by atoms with Crippen molar-refractivity contribution >= 4 is 21.6 Å². The molecule has 7 heteroatoms. The number of amides is 1. The van der Waals surface area contributed by atoms with Crippen molar-refractivity contribution in [3.8, 4) is 6.07 Å². The molecule has 146 valence electrons. The number of carbonyl (C=O) groups excluding carboxylic acids is 1. The molecule has 0 aliphatic heterocycles. The maximum absolute atomic E-state index is 12.7. The van der Waals surface area contributed by atoms with E-state index in [1.165, 1.54) is 18.2 Å². The molecule has 0 spiro atoms. The number of para-hydroxylation sites is 1. The van der Waals surface area contributed by atoms with Crippen LogP contribution in [-0.4, -0.2) is 20.9 Å². The Balaban J connectivity index is 1.81. The van der Waals surface area contributed by atoms with Crippen molar-refractivity contribution in [2.75, 3.05) is 11.9 Å². The van der Waals surface area contributed by atoms with Crippen molar-refractivity contribution in [1.82, 2.24) is 4.72 Å². The molecule has 0 bridgehead atoms. The first-order valence-electron chi connectivity index (χ1n) is 8.89. The second-order valence-corrected chi connectivity index (χ2v) is 8.05. The van der Waals surface area contributed by atoms with Crippen LogP contribution in [0.4, 0.5) is 5.69 Å². The Labute approximate surface area is 169 Å². The monoisotopic (exact) mass is 405 g/mol. The molecule has 0 fully saturated rings. The summed E-state index contributed by atoms with van der Waals surface area (Å²) in [6.07, 6.45) is 0.657. The van der Waals surface area contributed by atoms with Gasteiger partial charge in [0.05, 0.1) is 17.5 Å². The highest BCUT2D eigenvalue weighted by molar-refractivity contribution is 7.89. The van der Waals surface area contributed by atoms with E-state index >= 15 is 0 Å².